The number of hydrogen-bond donors (Lipinski definition) is 0. The zero-order valence-electron chi connectivity index (χ0n) is 8.31. The lowest BCUT2D eigenvalue weighted by molar-refractivity contribution is 0.345. The molecule has 0 unspecified atom stereocenters. The van der Waals surface area contributed by atoms with Gasteiger partial charge in [-0.15, -0.1) is 0 Å². The Balaban J connectivity index is 2.16. The van der Waals surface area contributed by atoms with E-state index in [9.17, 15) is 0 Å². The van der Waals surface area contributed by atoms with Gasteiger partial charge in [0.25, 0.3) is 0 Å². The van der Waals surface area contributed by atoms with Gasteiger partial charge in [-0.3, -0.25) is 0 Å². The highest BCUT2D eigenvalue weighted by atomic mass is 79.9. The quantitative estimate of drug-likeness (QED) is 0.443. The van der Waals surface area contributed by atoms with Crippen LogP contribution in [0.15, 0.2) is 30.3 Å². The molecule has 0 aliphatic rings. The summed E-state index contributed by atoms with van der Waals surface area (Å²) in [6.07, 6.45) is 0. The maximum atomic E-state index is 5.49. The van der Waals surface area contributed by atoms with Crippen molar-refractivity contribution in [2.24, 2.45) is 0 Å². The van der Waals surface area contributed by atoms with Gasteiger partial charge in [0, 0.05) is 10.2 Å². The fraction of sp³-hybridized carbons (Fsp3) is 0.182. The van der Waals surface area contributed by atoms with Crippen LogP contribution in [-0.2, 0) is 0 Å². The number of alkyl halides is 1. The Labute approximate surface area is 115 Å². The second-order valence-electron chi connectivity index (χ2n) is 3.06. The van der Waals surface area contributed by atoms with Crippen molar-refractivity contribution in [3.05, 3.63) is 34.2 Å². The van der Waals surface area contributed by atoms with Gasteiger partial charge in [0.15, 0.2) is 0 Å². The van der Waals surface area contributed by atoms with Crippen LogP contribution >= 0.6 is 48.8 Å². The molecule has 0 radical (unpaired) electrons. The number of rotatable bonds is 4. The largest absolute Gasteiger partial charge is 0.493 e. The first kappa shape index (κ1) is 12.2. The van der Waals surface area contributed by atoms with E-state index in [0.29, 0.717) is 6.61 Å². The molecule has 84 valence electrons. The van der Waals surface area contributed by atoms with Crippen LogP contribution in [-0.4, -0.2) is 11.9 Å². The standard InChI is InChI=1S/C11H9BrOS3/c12-5-6-13-9-3-1-8(2-4-9)10-7-11(14)16-15-10/h1-4,7H,5-6H2. The van der Waals surface area contributed by atoms with Crippen molar-refractivity contribution >= 4 is 48.8 Å². The van der Waals surface area contributed by atoms with Crippen LogP contribution in [0.1, 0.15) is 0 Å². The van der Waals surface area contributed by atoms with E-state index >= 15 is 0 Å². The van der Waals surface area contributed by atoms with Gasteiger partial charge in [0.1, 0.15) is 9.57 Å². The van der Waals surface area contributed by atoms with Crippen LogP contribution in [0, 0.1) is 3.82 Å². The average molecular weight is 333 g/mol. The second-order valence-corrected chi connectivity index (χ2v) is 6.76. The van der Waals surface area contributed by atoms with Crippen molar-refractivity contribution in [1.29, 1.82) is 0 Å². The van der Waals surface area contributed by atoms with Gasteiger partial charge in [0.05, 0.1) is 6.61 Å². The molecule has 1 aromatic heterocycles. The summed E-state index contributed by atoms with van der Waals surface area (Å²) < 4.78 is 6.43. The maximum Gasteiger partial charge on any atom is 0.119 e. The van der Waals surface area contributed by atoms with Crippen molar-refractivity contribution in [3.8, 4) is 16.2 Å². The molecule has 1 nitrogen and oxygen atoms in total. The van der Waals surface area contributed by atoms with Gasteiger partial charge in [-0.2, -0.15) is 0 Å². The Hall–Kier alpha value is -0.230. The van der Waals surface area contributed by atoms with E-state index in [4.69, 9.17) is 17.0 Å². The first-order chi connectivity index (χ1) is 7.79. The van der Waals surface area contributed by atoms with Crippen LogP contribution in [0.3, 0.4) is 0 Å². The molecular formula is C11H9BrOS3. The Kier molecular flexibility index (Phi) is 4.52. The highest BCUT2D eigenvalue weighted by molar-refractivity contribution is 9.09. The number of hydrogen-bond acceptors (Lipinski definition) is 4. The zero-order valence-corrected chi connectivity index (χ0v) is 12.3. The van der Waals surface area contributed by atoms with Gasteiger partial charge in [-0.25, -0.2) is 0 Å². The molecule has 0 saturated carbocycles. The lowest BCUT2D eigenvalue weighted by atomic mass is 10.2. The average Bonchev–Trinajstić information content (AvgIpc) is 2.74. The molecule has 1 aromatic carbocycles. The molecule has 16 heavy (non-hydrogen) atoms. The smallest absolute Gasteiger partial charge is 0.119 e. The van der Waals surface area contributed by atoms with Crippen LogP contribution in [0.4, 0.5) is 0 Å². The molecule has 1 heterocycles. The predicted molar refractivity (Wildman–Crippen MR) is 77.8 cm³/mol. The summed E-state index contributed by atoms with van der Waals surface area (Å²) in [6, 6.07) is 10.2. The topological polar surface area (TPSA) is 9.23 Å². The van der Waals surface area contributed by atoms with E-state index < -0.39 is 0 Å². The van der Waals surface area contributed by atoms with Crippen molar-refractivity contribution in [2.45, 2.75) is 0 Å². The summed E-state index contributed by atoms with van der Waals surface area (Å²) in [6.45, 7) is 0.691. The van der Waals surface area contributed by atoms with Crippen LogP contribution < -0.4 is 4.74 Å². The highest BCUT2D eigenvalue weighted by Gasteiger charge is 2.00. The zero-order chi connectivity index (χ0) is 11.4. The van der Waals surface area contributed by atoms with E-state index in [1.165, 1.54) is 10.4 Å². The normalized spacial score (nSPS) is 10.3. The van der Waals surface area contributed by atoms with Gasteiger partial charge < -0.3 is 4.74 Å². The summed E-state index contributed by atoms with van der Waals surface area (Å²) in [4.78, 5) is 1.22. The van der Waals surface area contributed by atoms with Crippen molar-refractivity contribution in [2.75, 3.05) is 11.9 Å². The van der Waals surface area contributed by atoms with Crippen molar-refractivity contribution in [1.82, 2.24) is 0 Å². The summed E-state index contributed by atoms with van der Waals surface area (Å²) in [5, 5.41) is 0.848. The molecule has 0 aliphatic heterocycles. The third-order valence-corrected chi connectivity index (χ3v) is 5.18. The molecule has 0 atom stereocenters. The van der Waals surface area contributed by atoms with E-state index in [0.717, 1.165) is 14.9 Å². The molecule has 0 saturated heterocycles. The van der Waals surface area contributed by atoms with Crippen LogP contribution in [0.2, 0.25) is 0 Å². The van der Waals surface area contributed by atoms with Crippen LogP contribution in [0.25, 0.3) is 10.4 Å². The SMILES string of the molecule is S=c1cc(-c2ccc(OCCBr)cc2)ss1. The van der Waals surface area contributed by atoms with E-state index in [-0.39, 0.29) is 0 Å². The minimum absolute atomic E-state index is 0.691. The molecule has 0 spiro atoms. The molecule has 0 amide bonds. The first-order valence-corrected chi connectivity index (χ1v) is 8.37. The van der Waals surface area contributed by atoms with Crippen LogP contribution in [0.5, 0.6) is 5.75 Å². The molecule has 2 aromatic rings. The van der Waals surface area contributed by atoms with Gasteiger partial charge >= 0.3 is 0 Å². The minimum Gasteiger partial charge on any atom is -0.493 e. The monoisotopic (exact) mass is 332 g/mol. The molecular weight excluding hydrogens is 324 g/mol. The van der Waals surface area contributed by atoms with E-state index in [1.54, 1.807) is 20.7 Å². The lowest BCUT2D eigenvalue weighted by Crippen LogP contribution is -1.96. The fourth-order valence-electron chi connectivity index (χ4n) is 1.24. The van der Waals surface area contributed by atoms with Gasteiger partial charge in [-0.05, 0) is 35.9 Å². The molecule has 0 aliphatic carbocycles. The molecule has 0 N–H and O–H groups in total. The van der Waals surface area contributed by atoms with Crippen molar-refractivity contribution in [3.63, 3.8) is 0 Å². The minimum atomic E-state index is 0.691. The third-order valence-electron chi connectivity index (χ3n) is 1.95. The van der Waals surface area contributed by atoms with Gasteiger partial charge in [0.2, 0.25) is 0 Å². The molecule has 0 bridgehead atoms. The van der Waals surface area contributed by atoms with E-state index in [1.807, 2.05) is 18.2 Å². The van der Waals surface area contributed by atoms with Crippen molar-refractivity contribution < 1.29 is 4.74 Å². The summed E-state index contributed by atoms with van der Waals surface area (Å²) in [5.41, 5.74) is 1.20. The summed E-state index contributed by atoms with van der Waals surface area (Å²) in [5.74, 6) is 0.905. The Bertz CT molecular complexity index is 500. The number of benzene rings is 1. The Morgan fingerprint density at radius 3 is 2.50 bits per heavy atom. The first-order valence-electron chi connectivity index (χ1n) is 4.69. The van der Waals surface area contributed by atoms with Gasteiger partial charge in [-0.1, -0.05) is 48.8 Å². The molecule has 2 rings (SSSR count). The highest BCUT2D eigenvalue weighted by Crippen LogP contribution is 2.30. The summed E-state index contributed by atoms with van der Waals surface area (Å²) in [7, 11) is 3.35. The fourth-order valence-corrected chi connectivity index (χ4v) is 3.81. The maximum absolute atomic E-state index is 5.49. The third kappa shape index (κ3) is 3.13. The Morgan fingerprint density at radius 2 is 1.94 bits per heavy atom. The second kappa shape index (κ2) is 5.91. The number of ether oxygens (including phenoxy) is 1. The summed E-state index contributed by atoms with van der Waals surface area (Å²) >= 11 is 8.44. The molecule has 5 heteroatoms. The molecule has 0 fully saturated rings. The van der Waals surface area contributed by atoms with E-state index in [2.05, 4.69) is 28.1 Å². The predicted octanol–water partition coefficient (Wildman–Crippen LogP) is 4.98. The Morgan fingerprint density at radius 1 is 1.19 bits per heavy atom. The number of halogens is 1. The lowest BCUT2D eigenvalue weighted by Gasteiger charge is -2.04.